The van der Waals surface area contributed by atoms with Gasteiger partial charge in [-0.1, -0.05) is 30.3 Å². The standard InChI is InChI=1S/C17H20N2O2/c1-18(13-17(20)19-8-10-21-11-9-19)16-7-6-14-4-2-3-5-15(14)12-16/h2-7,12H,8-11,13H2,1H3. The molecule has 1 aliphatic rings. The monoisotopic (exact) mass is 284 g/mol. The number of ether oxygens (including phenoxy) is 1. The summed E-state index contributed by atoms with van der Waals surface area (Å²) in [4.78, 5) is 16.2. The van der Waals surface area contributed by atoms with Crippen LogP contribution in [0.25, 0.3) is 10.8 Å². The molecule has 1 aliphatic heterocycles. The SMILES string of the molecule is CN(CC(=O)N1CCOCC1)c1ccc2ccccc2c1. The number of morpholine rings is 1. The van der Waals surface area contributed by atoms with Crippen molar-refractivity contribution in [3.8, 4) is 0 Å². The Morgan fingerprint density at radius 1 is 1.14 bits per heavy atom. The van der Waals surface area contributed by atoms with E-state index in [9.17, 15) is 4.79 Å². The van der Waals surface area contributed by atoms with Crippen molar-refractivity contribution < 1.29 is 9.53 Å². The minimum atomic E-state index is 0.161. The molecule has 0 saturated carbocycles. The Morgan fingerprint density at radius 2 is 1.86 bits per heavy atom. The van der Waals surface area contributed by atoms with E-state index in [1.165, 1.54) is 10.8 Å². The van der Waals surface area contributed by atoms with Crippen molar-refractivity contribution in [1.29, 1.82) is 0 Å². The number of anilines is 1. The number of hydrogen-bond acceptors (Lipinski definition) is 3. The summed E-state index contributed by atoms with van der Waals surface area (Å²) in [6.45, 7) is 3.09. The van der Waals surface area contributed by atoms with Gasteiger partial charge < -0.3 is 14.5 Å². The van der Waals surface area contributed by atoms with Crippen molar-refractivity contribution in [1.82, 2.24) is 4.90 Å². The Labute approximate surface area is 124 Å². The van der Waals surface area contributed by atoms with Gasteiger partial charge in [0.2, 0.25) is 5.91 Å². The second-order valence-corrected chi connectivity index (χ2v) is 5.38. The lowest BCUT2D eigenvalue weighted by atomic mass is 10.1. The number of nitrogens with zero attached hydrogens (tertiary/aromatic N) is 2. The van der Waals surface area contributed by atoms with Gasteiger partial charge in [0.15, 0.2) is 0 Å². The molecule has 3 rings (SSSR count). The van der Waals surface area contributed by atoms with Gasteiger partial charge in [-0.15, -0.1) is 0 Å². The van der Waals surface area contributed by atoms with Gasteiger partial charge in [0.25, 0.3) is 0 Å². The molecule has 0 unspecified atom stereocenters. The van der Waals surface area contributed by atoms with Crippen LogP contribution in [0.3, 0.4) is 0 Å². The lowest BCUT2D eigenvalue weighted by molar-refractivity contribution is -0.133. The summed E-state index contributed by atoms with van der Waals surface area (Å²) in [6, 6.07) is 14.5. The molecular formula is C17H20N2O2. The summed E-state index contributed by atoms with van der Waals surface area (Å²) in [5, 5.41) is 2.41. The highest BCUT2D eigenvalue weighted by atomic mass is 16.5. The number of hydrogen-bond donors (Lipinski definition) is 0. The average Bonchev–Trinajstić information content (AvgIpc) is 2.55. The summed E-state index contributed by atoms with van der Waals surface area (Å²) in [6.07, 6.45) is 0. The van der Waals surface area contributed by atoms with Gasteiger partial charge in [-0.05, 0) is 22.9 Å². The number of fused-ring (bicyclic) bond motifs is 1. The fourth-order valence-corrected chi connectivity index (χ4v) is 2.62. The summed E-state index contributed by atoms with van der Waals surface area (Å²) < 4.78 is 5.28. The first-order valence-electron chi connectivity index (χ1n) is 7.29. The van der Waals surface area contributed by atoms with Crippen molar-refractivity contribution in [2.24, 2.45) is 0 Å². The molecule has 21 heavy (non-hydrogen) atoms. The van der Waals surface area contributed by atoms with Gasteiger partial charge in [0.1, 0.15) is 0 Å². The van der Waals surface area contributed by atoms with E-state index in [-0.39, 0.29) is 5.91 Å². The molecule has 2 aromatic rings. The molecule has 0 aliphatic carbocycles. The molecular weight excluding hydrogens is 264 g/mol. The van der Waals surface area contributed by atoms with Crippen molar-refractivity contribution in [2.45, 2.75) is 0 Å². The third kappa shape index (κ3) is 3.16. The van der Waals surface area contributed by atoms with Gasteiger partial charge >= 0.3 is 0 Å². The molecule has 0 radical (unpaired) electrons. The van der Waals surface area contributed by atoms with Crippen LogP contribution in [0.4, 0.5) is 5.69 Å². The fraction of sp³-hybridized carbons (Fsp3) is 0.353. The summed E-state index contributed by atoms with van der Waals surface area (Å²) in [5.74, 6) is 0.161. The second kappa shape index (κ2) is 6.14. The van der Waals surface area contributed by atoms with Crippen LogP contribution >= 0.6 is 0 Å². The van der Waals surface area contributed by atoms with Crippen molar-refractivity contribution in [2.75, 3.05) is 44.8 Å². The van der Waals surface area contributed by atoms with Crippen LogP contribution in [0.2, 0.25) is 0 Å². The first kappa shape index (κ1) is 13.9. The highest BCUT2D eigenvalue weighted by Crippen LogP contribution is 2.21. The number of likely N-dealkylation sites (N-methyl/N-ethyl adjacent to an activating group) is 1. The third-order valence-corrected chi connectivity index (χ3v) is 3.91. The molecule has 1 heterocycles. The Kier molecular flexibility index (Phi) is 4.06. The van der Waals surface area contributed by atoms with Gasteiger partial charge in [0.05, 0.1) is 19.8 Å². The first-order valence-corrected chi connectivity index (χ1v) is 7.29. The van der Waals surface area contributed by atoms with Crippen molar-refractivity contribution >= 4 is 22.4 Å². The zero-order chi connectivity index (χ0) is 14.7. The maximum absolute atomic E-state index is 12.3. The number of benzene rings is 2. The lowest BCUT2D eigenvalue weighted by Crippen LogP contribution is -2.45. The molecule has 1 fully saturated rings. The summed E-state index contributed by atoms with van der Waals surface area (Å²) >= 11 is 0. The van der Waals surface area contributed by atoms with E-state index in [0.29, 0.717) is 32.8 Å². The number of amides is 1. The third-order valence-electron chi connectivity index (χ3n) is 3.91. The van der Waals surface area contributed by atoms with Crippen LogP contribution < -0.4 is 4.90 Å². The zero-order valence-corrected chi connectivity index (χ0v) is 12.3. The van der Waals surface area contributed by atoms with E-state index < -0.39 is 0 Å². The molecule has 1 saturated heterocycles. The second-order valence-electron chi connectivity index (χ2n) is 5.38. The first-order chi connectivity index (χ1) is 10.2. The summed E-state index contributed by atoms with van der Waals surface area (Å²) in [7, 11) is 1.96. The van der Waals surface area contributed by atoms with Crippen LogP contribution in [0.15, 0.2) is 42.5 Å². The Morgan fingerprint density at radius 3 is 2.62 bits per heavy atom. The van der Waals surface area contributed by atoms with Gasteiger partial charge in [-0.2, -0.15) is 0 Å². The molecule has 4 nitrogen and oxygen atoms in total. The number of carbonyl (C=O) groups excluding carboxylic acids is 1. The molecule has 2 aromatic carbocycles. The Hall–Kier alpha value is -2.07. The predicted octanol–water partition coefficient (Wildman–Crippen LogP) is 2.13. The van der Waals surface area contributed by atoms with Crippen molar-refractivity contribution in [3.05, 3.63) is 42.5 Å². The predicted molar refractivity (Wildman–Crippen MR) is 84.6 cm³/mol. The molecule has 0 aromatic heterocycles. The van der Waals surface area contributed by atoms with E-state index in [0.717, 1.165) is 5.69 Å². The van der Waals surface area contributed by atoms with Crippen LogP contribution in [-0.2, 0) is 9.53 Å². The number of rotatable bonds is 3. The Balaban J connectivity index is 1.71. The maximum atomic E-state index is 12.3. The largest absolute Gasteiger partial charge is 0.378 e. The molecule has 0 spiro atoms. The minimum absolute atomic E-state index is 0.161. The Bertz CT molecular complexity index is 635. The highest BCUT2D eigenvalue weighted by Gasteiger charge is 2.18. The van der Waals surface area contributed by atoms with Crippen LogP contribution in [0.1, 0.15) is 0 Å². The van der Waals surface area contributed by atoms with Gasteiger partial charge in [-0.3, -0.25) is 4.79 Å². The van der Waals surface area contributed by atoms with Crippen LogP contribution in [0.5, 0.6) is 0 Å². The molecule has 1 amide bonds. The van der Waals surface area contributed by atoms with Crippen molar-refractivity contribution in [3.63, 3.8) is 0 Å². The van der Waals surface area contributed by atoms with Crippen LogP contribution in [0, 0.1) is 0 Å². The van der Waals surface area contributed by atoms with Gasteiger partial charge in [-0.25, -0.2) is 0 Å². The molecule has 110 valence electrons. The number of carbonyl (C=O) groups is 1. The lowest BCUT2D eigenvalue weighted by Gasteiger charge is -2.29. The topological polar surface area (TPSA) is 32.8 Å². The van der Waals surface area contributed by atoms with E-state index in [1.807, 2.05) is 29.0 Å². The van der Waals surface area contributed by atoms with E-state index >= 15 is 0 Å². The molecule has 0 atom stereocenters. The smallest absolute Gasteiger partial charge is 0.242 e. The van der Waals surface area contributed by atoms with E-state index in [1.54, 1.807) is 0 Å². The molecule has 0 N–H and O–H groups in total. The minimum Gasteiger partial charge on any atom is -0.378 e. The zero-order valence-electron chi connectivity index (χ0n) is 12.3. The highest BCUT2D eigenvalue weighted by molar-refractivity contribution is 5.87. The molecule has 0 bridgehead atoms. The van der Waals surface area contributed by atoms with Crippen LogP contribution in [-0.4, -0.2) is 50.7 Å². The van der Waals surface area contributed by atoms with E-state index in [2.05, 4.69) is 30.3 Å². The van der Waals surface area contributed by atoms with E-state index in [4.69, 9.17) is 4.74 Å². The molecule has 4 heteroatoms. The van der Waals surface area contributed by atoms with Gasteiger partial charge in [0, 0.05) is 25.8 Å². The fourth-order valence-electron chi connectivity index (χ4n) is 2.62. The summed E-state index contributed by atoms with van der Waals surface area (Å²) in [5.41, 5.74) is 1.07. The quantitative estimate of drug-likeness (QED) is 0.865. The maximum Gasteiger partial charge on any atom is 0.242 e. The average molecular weight is 284 g/mol. The normalized spacial score (nSPS) is 15.2.